The van der Waals surface area contributed by atoms with E-state index in [9.17, 15) is 0 Å². The van der Waals surface area contributed by atoms with Gasteiger partial charge in [0.25, 0.3) is 0 Å². The molecular formula is C46H29N3O. The molecule has 1 N–H and O–H groups in total. The van der Waals surface area contributed by atoms with Crippen LogP contribution in [0, 0.1) is 0 Å². The van der Waals surface area contributed by atoms with Crippen molar-refractivity contribution in [3.8, 4) is 50.6 Å². The number of ether oxygens (including phenoxy) is 1. The van der Waals surface area contributed by atoms with Crippen molar-refractivity contribution in [2.45, 2.75) is 11.6 Å². The first-order valence-electron chi connectivity index (χ1n) is 17.1. The predicted octanol–water partition coefficient (Wildman–Crippen LogP) is 10.8. The first kappa shape index (κ1) is 27.4. The molecule has 0 saturated heterocycles. The van der Waals surface area contributed by atoms with Crippen LogP contribution in [0.15, 0.2) is 164 Å². The number of nitrogens with zero attached hydrogens (tertiary/aromatic N) is 2. The maximum absolute atomic E-state index is 6.82. The van der Waals surface area contributed by atoms with Crippen LogP contribution in [-0.2, 0) is 5.41 Å². The van der Waals surface area contributed by atoms with Gasteiger partial charge in [-0.3, -0.25) is 0 Å². The Labute approximate surface area is 289 Å². The number of rotatable bonds is 3. The molecule has 7 aromatic carbocycles. The Balaban J connectivity index is 1.08. The Bertz CT molecular complexity index is 2640. The third-order valence-electron chi connectivity index (χ3n) is 10.8. The molecule has 8 aromatic rings. The molecule has 0 fully saturated rings. The van der Waals surface area contributed by atoms with Gasteiger partial charge >= 0.3 is 0 Å². The molecule has 1 aromatic heterocycles. The van der Waals surface area contributed by atoms with E-state index in [1.807, 2.05) is 24.3 Å². The van der Waals surface area contributed by atoms with Crippen LogP contribution in [-0.4, -0.2) is 9.97 Å². The first-order chi connectivity index (χ1) is 24.8. The van der Waals surface area contributed by atoms with Gasteiger partial charge in [0.15, 0.2) is 12.1 Å². The molecule has 0 amide bonds. The Morgan fingerprint density at radius 2 is 1.10 bits per heavy atom. The summed E-state index contributed by atoms with van der Waals surface area (Å²) in [7, 11) is 0. The predicted molar refractivity (Wildman–Crippen MR) is 200 cm³/mol. The molecule has 0 saturated carbocycles. The van der Waals surface area contributed by atoms with Gasteiger partial charge in [-0.05, 0) is 51.1 Å². The van der Waals surface area contributed by atoms with E-state index in [0.29, 0.717) is 5.82 Å². The topological polar surface area (TPSA) is 47.0 Å². The zero-order valence-corrected chi connectivity index (χ0v) is 27.0. The average molecular weight is 640 g/mol. The number of fused-ring (bicyclic) bond motifs is 13. The molecule has 0 radical (unpaired) electrons. The molecule has 4 nitrogen and oxygen atoms in total. The van der Waals surface area contributed by atoms with Crippen LogP contribution in [0.1, 0.15) is 34.0 Å². The number of nitrogens with one attached hydrogen (secondary N) is 1. The van der Waals surface area contributed by atoms with Gasteiger partial charge in [-0.25, -0.2) is 9.97 Å². The van der Waals surface area contributed by atoms with E-state index in [-0.39, 0.29) is 0 Å². The van der Waals surface area contributed by atoms with Crippen molar-refractivity contribution in [2.24, 2.45) is 0 Å². The molecule has 2 heterocycles. The molecule has 3 aliphatic rings. The number of aromatic nitrogens is 2. The monoisotopic (exact) mass is 639 g/mol. The number of anilines is 1. The summed E-state index contributed by atoms with van der Waals surface area (Å²) in [6.45, 7) is 0. The fourth-order valence-corrected chi connectivity index (χ4v) is 8.78. The van der Waals surface area contributed by atoms with E-state index < -0.39 is 11.6 Å². The largest absolute Gasteiger partial charge is 0.464 e. The van der Waals surface area contributed by atoms with Crippen molar-refractivity contribution in [1.29, 1.82) is 0 Å². The lowest BCUT2D eigenvalue weighted by Crippen LogP contribution is -2.25. The molecule has 1 aliphatic heterocycles. The van der Waals surface area contributed by atoms with Gasteiger partial charge in [0.1, 0.15) is 5.75 Å². The summed E-state index contributed by atoms with van der Waals surface area (Å²) >= 11 is 0. The quantitative estimate of drug-likeness (QED) is 0.209. The highest BCUT2D eigenvalue weighted by Crippen LogP contribution is 2.65. The number of benzene rings is 7. The Hall–Kier alpha value is -6.52. The lowest BCUT2D eigenvalue weighted by atomic mass is 9.70. The minimum Gasteiger partial charge on any atom is -0.464 e. The van der Waals surface area contributed by atoms with Gasteiger partial charge in [-0.2, -0.15) is 0 Å². The van der Waals surface area contributed by atoms with Gasteiger partial charge in [0.05, 0.1) is 22.3 Å². The lowest BCUT2D eigenvalue weighted by molar-refractivity contribution is 0.260. The number of hydrogen-bond acceptors (Lipinski definition) is 4. The van der Waals surface area contributed by atoms with E-state index in [4.69, 9.17) is 14.7 Å². The summed E-state index contributed by atoms with van der Waals surface area (Å²) < 4.78 is 6.82. The lowest BCUT2D eigenvalue weighted by Gasteiger charge is -2.30. The van der Waals surface area contributed by atoms with Crippen molar-refractivity contribution < 1.29 is 4.74 Å². The molecule has 11 rings (SSSR count). The highest BCUT2D eigenvalue weighted by atomic mass is 16.5. The van der Waals surface area contributed by atoms with Crippen LogP contribution >= 0.6 is 0 Å². The summed E-state index contributed by atoms with van der Waals surface area (Å²) in [5, 5.41) is 4.89. The van der Waals surface area contributed by atoms with Crippen LogP contribution in [0.2, 0.25) is 0 Å². The van der Waals surface area contributed by atoms with Gasteiger partial charge in [0.2, 0.25) is 0 Å². The van der Waals surface area contributed by atoms with Crippen molar-refractivity contribution in [2.75, 3.05) is 5.32 Å². The van der Waals surface area contributed by atoms with Crippen LogP contribution < -0.4 is 10.1 Å². The summed E-state index contributed by atoms with van der Waals surface area (Å²) in [4.78, 5) is 10.3. The molecule has 1 unspecified atom stereocenters. The second-order valence-electron chi connectivity index (χ2n) is 13.3. The third kappa shape index (κ3) is 3.60. The Morgan fingerprint density at radius 1 is 0.500 bits per heavy atom. The van der Waals surface area contributed by atoms with E-state index in [1.54, 1.807) is 0 Å². The normalized spacial score (nSPS) is 15.5. The number of para-hydroxylation sites is 1. The molecule has 50 heavy (non-hydrogen) atoms. The van der Waals surface area contributed by atoms with Crippen LogP contribution in [0.3, 0.4) is 0 Å². The first-order valence-corrected chi connectivity index (χ1v) is 17.1. The van der Waals surface area contributed by atoms with Crippen molar-refractivity contribution in [1.82, 2.24) is 9.97 Å². The maximum Gasteiger partial charge on any atom is 0.197 e. The minimum absolute atomic E-state index is 0.404. The zero-order chi connectivity index (χ0) is 32.8. The van der Waals surface area contributed by atoms with Crippen LogP contribution in [0.5, 0.6) is 5.75 Å². The van der Waals surface area contributed by atoms with E-state index in [2.05, 4.69) is 145 Å². The van der Waals surface area contributed by atoms with Gasteiger partial charge in [0, 0.05) is 27.6 Å². The fourth-order valence-electron chi connectivity index (χ4n) is 8.78. The SMILES string of the molecule is c1ccc(-c2nc(-c3ccccc3C3Nc4c(ccc5c4-c4ccccc4C54c5ccccc5-c5ccccc54)O3)nc3ccccc23)cc1. The summed E-state index contributed by atoms with van der Waals surface area (Å²) in [5.74, 6) is 1.52. The van der Waals surface area contributed by atoms with Gasteiger partial charge in [-0.1, -0.05) is 152 Å². The standard InChI is InChI=1S/C46H29N3O/c1-2-14-28(15-3-1)42-34-21-9-13-25-39(34)47-44(48-42)31-18-4-5-19-32(31)45-49-43-40(50-45)27-26-38-41(43)33-20-8-12-24-37(33)46(38)35-22-10-6-16-29(35)30-17-7-11-23-36(30)46/h1-27,45,49H. The molecular weight excluding hydrogens is 611 g/mol. The molecule has 2 aliphatic carbocycles. The molecule has 1 spiro atoms. The van der Waals surface area contributed by atoms with Crippen molar-refractivity contribution >= 4 is 16.6 Å². The highest BCUT2D eigenvalue weighted by Gasteiger charge is 2.53. The molecule has 1 atom stereocenters. The fraction of sp³-hybridized carbons (Fsp3) is 0.0435. The smallest absolute Gasteiger partial charge is 0.197 e. The zero-order valence-electron chi connectivity index (χ0n) is 27.0. The minimum atomic E-state index is -0.421. The van der Waals surface area contributed by atoms with Crippen molar-refractivity contribution in [3.63, 3.8) is 0 Å². The summed E-state index contributed by atoms with van der Waals surface area (Å²) in [5.41, 5.74) is 15.7. The average Bonchev–Trinajstić information content (AvgIpc) is 3.85. The summed E-state index contributed by atoms with van der Waals surface area (Å²) in [6.07, 6.45) is -0.421. The Kier molecular flexibility index (Phi) is 5.62. The van der Waals surface area contributed by atoms with Crippen LogP contribution in [0.4, 0.5) is 5.69 Å². The molecule has 0 bridgehead atoms. The summed E-state index contributed by atoms with van der Waals surface area (Å²) in [6, 6.07) is 58.1. The number of hydrogen-bond donors (Lipinski definition) is 1. The third-order valence-corrected chi connectivity index (χ3v) is 10.8. The molecule has 234 valence electrons. The Morgan fingerprint density at radius 3 is 1.86 bits per heavy atom. The van der Waals surface area contributed by atoms with Gasteiger partial charge in [-0.15, -0.1) is 0 Å². The molecule has 4 heteroatoms. The van der Waals surface area contributed by atoms with Crippen molar-refractivity contribution in [3.05, 3.63) is 192 Å². The maximum atomic E-state index is 6.82. The highest BCUT2D eigenvalue weighted by molar-refractivity contribution is 6.00. The van der Waals surface area contributed by atoms with E-state index >= 15 is 0 Å². The van der Waals surface area contributed by atoms with Crippen LogP contribution in [0.25, 0.3) is 55.8 Å². The van der Waals surface area contributed by atoms with E-state index in [0.717, 1.165) is 44.7 Å². The second-order valence-corrected chi connectivity index (χ2v) is 13.3. The van der Waals surface area contributed by atoms with E-state index in [1.165, 1.54) is 44.5 Å². The van der Waals surface area contributed by atoms with Gasteiger partial charge < -0.3 is 10.1 Å². The second kappa shape index (κ2) is 10.2.